The number of hydrogen-bond donors (Lipinski definition) is 2. The average molecular weight is 204 g/mol. The van der Waals surface area contributed by atoms with Crippen molar-refractivity contribution in [1.29, 1.82) is 0 Å². The molecule has 0 amide bonds. The summed E-state index contributed by atoms with van der Waals surface area (Å²) in [4.78, 5) is 8.53. The van der Waals surface area contributed by atoms with E-state index < -0.39 is 0 Å². The minimum absolute atomic E-state index is 0.0885. The minimum atomic E-state index is 0.0885. The fourth-order valence-corrected chi connectivity index (χ4v) is 2.02. The van der Waals surface area contributed by atoms with Crippen LogP contribution in [0.5, 0.6) is 0 Å². The highest BCUT2D eigenvalue weighted by atomic mass is 15.0. The number of nitrogens with zero attached hydrogens (tertiary/aromatic N) is 2. The van der Waals surface area contributed by atoms with Crippen molar-refractivity contribution < 1.29 is 0 Å². The van der Waals surface area contributed by atoms with Gasteiger partial charge in [-0.1, -0.05) is 12.5 Å². The van der Waals surface area contributed by atoms with Gasteiger partial charge in [-0.3, -0.25) is 9.98 Å². The van der Waals surface area contributed by atoms with Crippen molar-refractivity contribution in [3.8, 4) is 0 Å². The average Bonchev–Trinajstić information content (AvgIpc) is 2.17. The molecule has 4 nitrogen and oxygen atoms in total. The van der Waals surface area contributed by atoms with Gasteiger partial charge in [0, 0.05) is 17.3 Å². The molecule has 80 valence electrons. The number of pyridine rings is 1. The first kappa shape index (κ1) is 9.96. The summed E-state index contributed by atoms with van der Waals surface area (Å²) in [6, 6.07) is 6.00. The van der Waals surface area contributed by atoms with Gasteiger partial charge in [0.15, 0.2) is 5.96 Å². The number of aliphatic imine (C=N–C) groups is 1. The summed E-state index contributed by atoms with van der Waals surface area (Å²) in [5.74, 6) is 0.164. The molecule has 0 atom stereocenters. The van der Waals surface area contributed by atoms with Crippen molar-refractivity contribution >= 4 is 5.96 Å². The number of aromatic nitrogens is 1. The lowest BCUT2D eigenvalue weighted by Crippen LogP contribution is -2.39. The lowest BCUT2D eigenvalue weighted by molar-refractivity contribution is 0.246. The van der Waals surface area contributed by atoms with E-state index in [9.17, 15) is 0 Å². The van der Waals surface area contributed by atoms with Gasteiger partial charge in [-0.15, -0.1) is 0 Å². The highest BCUT2D eigenvalue weighted by Crippen LogP contribution is 2.42. The van der Waals surface area contributed by atoms with Crippen LogP contribution in [0, 0.1) is 0 Å². The van der Waals surface area contributed by atoms with Crippen LogP contribution in [0.3, 0.4) is 0 Å². The summed E-state index contributed by atoms with van der Waals surface area (Å²) >= 11 is 0. The van der Waals surface area contributed by atoms with Crippen LogP contribution in [-0.4, -0.2) is 17.5 Å². The second kappa shape index (κ2) is 3.88. The second-order valence-electron chi connectivity index (χ2n) is 4.09. The van der Waals surface area contributed by atoms with Crippen molar-refractivity contribution in [3.05, 3.63) is 30.1 Å². The molecule has 0 spiro atoms. The van der Waals surface area contributed by atoms with Gasteiger partial charge in [-0.05, 0) is 25.0 Å². The van der Waals surface area contributed by atoms with E-state index in [1.54, 1.807) is 0 Å². The second-order valence-corrected chi connectivity index (χ2v) is 4.09. The smallest absolute Gasteiger partial charge is 0.185 e. The molecular weight excluding hydrogens is 188 g/mol. The van der Waals surface area contributed by atoms with Crippen molar-refractivity contribution in [2.75, 3.05) is 6.54 Å². The van der Waals surface area contributed by atoms with E-state index in [2.05, 4.69) is 16.0 Å². The summed E-state index contributed by atoms with van der Waals surface area (Å²) < 4.78 is 0. The van der Waals surface area contributed by atoms with E-state index >= 15 is 0 Å². The molecule has 0 radical (unpaired) electrons. The zero-order valence-corrected chi connectivity index (χ0v) is 8.69. The van der Waals surface area contributed by atoms with Crippen LogP contribution < -0.4 is 11.5 Å². The Hall–Kier alpha value is -1.58. The van der Waals surface area contributed by atoms with Gasteiger partial charge >= 0.3 is 0 Å². The molecule has 2 rings (SSSR count). The fraction of sp³-hybridized carbons (Fsp3) is 0.455. The van der Waals surface area contributed by atoms with Gasteiger partial charge in [0.2, 0.25) is 0 Å². The third kappa shape index (κ3) is 1.93. The number of hydrogen-bond acceptors (Lipinski definition) is 2. The Labute approximate surface area is 89.4 Å². The Morgan fingerprint density at radius 3 is 2.67 bits per heavy atom. The Bertz CT molecular complexity index is 350. The monoisotopic (exact) mass is 204 g/mol. The molecule has 4 N–H and O–H groups in total. The third-order valence-electron chi connectivity index (χ3n) is 3.08. The molecule has 1 heterocycles. The van der Waals surface area contributed by atoms with Crippen molar-refractivity contribution in [2.45, 2.75) is 24.7 Å². The molecule has 1 saturated carbocycles. The molecule has 0 unspecified atom stereocenters. The summed E-state index contributed by atoms with van der Waals surface area (Å²) in [5, 5.41) is 0. The van der Waals surface area contributed by atoms with E-state index in [0.29, 0.717) is 6.54 Å². The Morgan fingerprint density at radius 2 is 2.20 bits per heavy atom. The molecular formula is C11H16N4. The molecule has 0 aliphatic heterocycles. The first-order valence-electron chi connectivity index (χ1n) is 5.20. The quantitative estimate of drug-likeness (QED) is 0.564. The predicted octanol–water partition coefficient (Wildman–Crippen LogP) is 0.777. The van der Waals surface area contributed by atoms with Gasteiger partial charge in [-0.2, -0.15) is 0 Å². The molecule has 0 saturated heterocycles. The minimum Gasteiger partial charge on any atom is -0.370 e. The topological polar surface area (TPSA) is 77.3 Å². The lowest BCUT2D eigenvalue weighted by atomic mass is 9.66. The highest BCUT2D eigenvalue weighted by molar-refractivity contribution is 5.75. The normalized spacial score (nSPS) is 17.9. The van der Waals surface area contributed by atoms with E-state index in [1.807, 2.05) is 18.3 Å². The van der Waals surface area contributed by atoms with Crippen molar-refractivity contribution in [3.63, 3.8) is 0 Å². The SMILES string of the molecule is NC(N)=NCC1(c2ccccn2)CCC1. The molecule has 1 aromatic heterocycles. The highest BCUT2D eigenvalue weighted by Gasteiger charge is 2.39. The maximum absolute atomic E-state index is 5.36. The van der Waals surface area contributed by atoms with Gasteiger partial charge < -0.3 is 11.5 Å². The maximum atomic E-state index is 5.36. The lowest BCUT2D eigenvalue weighted by Gasteiger charge is -2.40. The summed E-state index contributed by atoms with van der Waals surface area (Å²) in [5.41, 5.74) is 11.9. The predicted molar refractivity (Wildman–Crippen MR) is 60.4 cm³/mol. The molecule has 1 aliphatic carbocycles. The zero-order valence-electron chi connectivity index (χ0n) is 8.69. The fourth-order valence-electron chi connectivity index (χ4n) is 2.02. The van der Waals surface area contributed by atoms with Gasteiger partial charge in [-0.25, -0.2) is 0 Å². The van der Waals surface area contributed by atoms with Crippen molar-refractivity contribution in [1.82, 2.24) is 4.98 Å². The first-order chi connectivity index (χ1) is 7.23. The molecule has 1 fully saturated rings. The first-order valence-corrected chi connectivity index (χ1v) is 5.20. The molecule has 1 aliphatic rings. The van der Waals surface area contributed by atoms with Crippen LogP contribution in [0.1, 0.15) is 25.0 Å². The van der Waals surface area contributed by atoms with Crippen LogP contribution in [-0.2, 0) is 5.41 Å². The van der Waals surface area contributed by atoms with Crippen LogP contribution >= 0.6 is 0 Å². The third-order valence-corrected chi connectivity index (χ3v) is 3.08. The molecule has 0 aromatic carbocycles. The van der Waals surface area contributed by atoms with E-state index in [-0.39, 0.29) is 11.4 Å². The number of guanidine groups is 1. The maximum Gasteiger partial charge on any atom is 0.185 e. The van der Waals surface area contributed by atoms with E-state index in [4.69, 9.17) is 11.5 Å². The van der Waals surface area contributed by atoms with E-state index in [0.717, 1.165) is 18.5 Å². The summed E-state index contributed by atoms with van der Waals surface area (Å²) in [6.45, 7) is 0.659. The number of nitrogens with two attached hydrogens (primary N) is 2. The van der Waals surface area contributed by atoms with Crippen LogP contribution in [0.15, 0.2) is 29.4 Å². The Kier molecular flexibility index (Phi) is 2.58. The zero-order chi connectivity index (χ0) is 10.7. The summed E-state index contributed by atoms with van der Waals surface area (Å²) in [6.07, 6.45) is 5.31. The Morgan fingerprint density at radius 1 is 1.40 bits per heavy atom. The number of rotatable bonds is 3. The van der Waals surface area contributed by atoms with E-state index in [1.165, 1.54) is 6.42 Å². The van der Waals surface area contributed by atoms with Gasteiger partial charge in [0.05, 0.1) is 6.54 Å². The van der Waals surface area contributed by atoms with Crippen LogP contribution in [0.4, 0.5) is 0 Å². The molecule has 0 bridgehead atoms. The Balaban J connectivity index is 2.19. The largest absolute Gasteiger partial charge is 0.370 e. The van der Waals surface area contributed by atoms with Gasteiger partial charge in [0.25, 0.3) is 0 Å². The van der Waals surface area contributed by atoms with Crippen LogP contribution in [0.2, 0.25) is 0 Å². The standard InChI is InChI=1S/C11H16N4/c12-10(13)15-8-11(5-3-6-11)9-4-1-2-7-14-9/h1-2,4,7H,3,5-6,8H2,(H4,12,13,15). The van der Waals surface area contributed by atoms with Crippen LogP contribution in [0.25, 0.3) is 0 Å². The van der Waals surface area contributed by atoms with Crippen molar-refractivity contribution in [2.24, 2.45) is 16.5 Å². The van der Waals surface area contributed by atoms with Gasteiger partial charge in [0.1, 0.15) is 0 Å². The molecule has 4 heteroatoms. The summed E-state index contributed by atoms with van der Waals surface area (Å²) in [7, 11) is 0. The molecule has 1 aromatic rings. The molecule has 15 heavy (non-hydrogen) atoms.